The molecule has 2 rings (SSSR count). The lowest BCUT2D eigenvalue weighted by Gasteiger charge is -2.15. The van der Waals surface area contributed by atoms with Gasteiger partial charge in [0.05, 0.1) is 0 Å². The van der Waals surface area contributed by atoms with Crippen LogP contribution >= 0.6 is 12.4 Å². The van der Waals surface area contributed by atoms with Crippen molar-refractivity contribution in [3.8, 4) is 0 Å². The van der Waals surface area contributed by atoms with Crippen LogP contribution in [0.15, 0.2) is 24.3 Å². The molecule has 1 atom stereocenters. The lowest BCUT2D eigenvalue weighted by atomic mass is 10.1. The molecule has 0 heterocycles. The Morgan fingerprint density at radius 1 is 1.26 bits per heavy atom. The molecule has 1 aliphatic carbocycles. The molecule has 1 fully saturated rings. The molecule has 1 aromatic carbocycles. The largest absolute Gasteiger partial charge is 0.352 e. The summed E-state index contributed by atoms with van der Waals surface area (Å²) in [5.41, 5.74) is 6.04. The van der Waals surface area contributed by atoms with Crippen LogP contribution in [0.4, 0.5) is 4.39 Å². The maximum absolute atomic E-state index is 12.8. The zero-order chi connectivity index (χ0) is 15.9. The van der Waals surface area contributed by atoms with E-state index in [0.29, 0.717) is 37.4 Å². The zero-order valence-corrected chi connectivity index (χ0v) is 13.7. The summed E-state index contributed by atoms with van der Waals surface area (Å²) in [5.74, 6) is -0.137. The van der Waals surface area contributed by atoms with Gasteiger partial charge in [0.2, 0.25) is 5.91 Å². The number of hydrogen-bond acceptors (Lipinski definition) is 3. The van der Waals surface area contributed by atoms with E-state index in [1.807, 2.05) is 0 Å². The van der Waals surface area contributed by atoms with Gasteiger partial charge in [0.25, 0.3) is 5.91 Å². The highest BCUT2D eigenvalue weighted by molar-refractivity contribution is 5.94. The molecule has 4 N–H and O–H groups in total. The van der Waals surface area contributed by atoms with Crippen molar-refractivity contribution < 1.29 is 14.0 Å². The van der Waals surface area contributed by atoms with Crippen LogP contribution in [0.2, 0.25) is 0 Å². The van der Waals surface area contributed by atoms with E-state index in [0.717, 1.165) is 12.8 Å². The maximum Gasteiger partial charge on any atom is 0.251 e. The average Bonchev–Trinajstić information content (AvgIpc) is 3.34. The fourth-order valence-corrected chi connectivity index (χ4v) is 2.30. The van der Waals surface area contributed by atoms with Gasteiger partial charge in [-0.2, -0.15) is 0 Å². The SMILES string of the molecule is Cl.NCC(NC(=O)CCCNC(=O)c1ccc(F)cc1)C1CC1. The van der Waals surface area contributed by atoms with Gasteiger partial charge in [-0.05, 0) is 49.4 Å². The van der Waals surface area contributed by atoms with E-state index >= 15 is 0 Å². The van der Waals surface area contributed by atoms with Crippen molar-refractivity contribution in [3.63, 3.8) is 0 Å². The number of nitrogens with two attached hydrogens (primary N) is 1. The second kappa shape index (κ2) is 9.47. The minimum atomic E-state index is -0.377. The molecule has 1 aliphatic rings. The maximum atomic E-state index is 12.8. The molecule has 1 aromatic rings. The van der Waals surface area contributed by atoms with Crippen molar-refractivity contribution in [2.24, 2.45) is 11.7 Å². The first-order valence-electron chi connectivity index (χ1n) is 7.63. The molecule has 5 nitrogen and oxygen atoms in total. The van der Waals surface area contributed by atoms with Gasteiger partial charge in [0, 0.05) is 31.1 Å². The number of hydrogen-bond donors (Lipinski definition) is 3. The van der Waals surface area contributed by atoms with Crippen molar-refractivity contribution in [2.75, 3.05) is 13.1 Å². The Labute approximate surface area is 141 Å². The number of rotatable bonds is 8. The summed E-state index contributed by atoms with van der Waals surface area (Å²) in [6, 6.07) is 5.43. The van der Waals surface area contributed by atoms with Gasteiger partial charge in [-0.15, -0.1) is 12.4 Å². The quantitative estimate of drug-likeness (QED) is 0.627. The highest BCUT2D eigenvalue weighted by atomic mass is 35.5. The highest BCUT2D eigenvalue weighted by Crippen LogP contribution is 2.32. The van der Waals surface area contributed by atoms with E-state index in [1.54, 1.807) is 0 Å². The summed E-state index contributed by atoms with van der Waals surface area (Å²) in [6.07, 6.45) is 3.18. The molecule has 0 aromatic heterocycles. The minimum absolute atomic E-state index is 0. The summed E-state index contributed by atoms with van der Waals surface area (Å²) in [7, 11) is 0. The van der Waals surface area contributed by atoms with Gasteiger partial charge in [-0.3, -0.25) is 9.59 Å². The van der Waals surface area contributed by atoms with Crippen LogP contribution in [0.3, 0.4) is 0 Å². The molecule has 0 saturated heterocycles. The normalized spacial score (nSPS) is 14.5. The number of nitrogens with one attached hydrogen (secondary N) is 2. The lowest BCUT2D eigenvalue weighted by molar-refractivity contribution is -0.122. The topological polar surface area (TPSA) is 84.2 Å². The Kier molecular flexibility index (Phi) is 7.98. The Balaban J connectivity index is 0.00000264. The van der Waals surface area contributed by atoms with Gasteiger partial charge >= 0.3 is 0 Å². The standard InChI is InChI=1S/C16H22FN3O2.ClH/c17-13-7-5-12(6-8-13)16(22)19-9-1-2-15(21)20-14(10-18)11-3-4-11;/h5-8,11,14H,1-4,9-10,18H2,(H,19,22)(H,20,21);1H. The Bertz CT molecular complexity index is 521. The van der Waals surface area contributed by atoms with Crippen molar-refractivity contribution in [3.05, 3.63) is 35.6 Å². The highest BCUT2D eigenvalue weighted by Gasteiger charge is 2.30. The molecule has 0 spiro atoms. The summed E-state index contributed by atoms with van der Waals surface area (Å²) in [4.78, 5) is 23.5. The molecular formula is C16H23ClFN3O2. The third kappa shape index (κ3) is 6.54. The van der Waals surface area contributed by atoms with Crippen LogP contribution in [-0.2, 0) is 4.79 Å². The molecule has 23 heavy (non-hydrogen) atoms. The van der Waals surface area contributed by atoms with E-state index in [2.05, 4.69) is 10.6 Å². The van der Waals surface area contributed by atoms with Crippen molar-refractivity contribution in [1.29, 1.82) is 0 Å². The van der Waals surface area contributed by atoms with Crippen LogP contribution in [0.1, 0.15) is 36.0 Å². The van der Waals surface area contributed by atoms with E-state index in [-0.39, 0.29) is 36.1 Å². The van der Waals surface area contributed by atoms with Crippen LogP contribution in [0.25, 0.3) is 0 Å². The number of amides is 2. The first-order valence-corrected chi connectivity index (χ1v) is 7.63. The molecule has 0 aliphatic heterocycles. The number of carbonyl (C=O) groups is 2. The van der Waals surface area contributed by atoms with E-state index in [1.165, 1.54) is 24.3 Å². The van der Waals surface area contributed by atoms with Crippen LogP contribution in [-0.4, -0.2) is 30.9 Å². The van der Waals surface area contributed by atoms with Crippen LogP contribution in [0, 0.1) is 11.7 Å². The Hall–Kier alpha value is -1.66. The van der Waals surface area contributed by atoms with Gasteiger partial charge in [-0.25, -0.2) is 4.39 Å². The molecular weight excluding hydrogens is 321 g/mol. The number of benzene rings is 1. The predicted molar refractivity (Wildman–Crippen MR) is 88.9 cm³/mol. The number of carbonyl (C=O) groups excluding carboxylic acids is 2. The summed E-state index contributed by atoms with van der Waals surface area (Å²) >= 11 is 0. The molecule has 1 unspecified atom stereocenters. The van der Waals surface area contributed by atoms with Gasteiger partial charge in [0.1, 0.15) is 5.82 Å². The predicted octanol–water partition coefficient (Wildman–Crippen LogP) is 1.61. The molecule has 0 bridgehead atoms. The zero-order valence-electron chi connectivity index (χ0n) is 12.9. The van der Waals surface area contributed by atoms with E-state index in [9.17, 15) is 14.0 Å². The molecule has 7 heteroatoms. The third-order valence-electron chi connectivity index (χ3n) is 3.76. The van der Waals surface area contributed by atoms with Gasteiger partial charge < -0.3 is 16.4 Å². The Morgan fingerprint density at radius 3 is 2.48 bits per heavy atom. The fraction of sp³-hybridized carbons (Fsp3) is 0.500. The molecule has 2 amide bonds. The van der Waals surface area contributed by atoms with Crippen LogP contribution < -0.4 is 16.4 Å². The molecule has 1 saturated carbocycles. The smallest absolute Gasteiger partial charge is 0.251 e. The fourth-order valence-electron chi connectivity index (χ4n) is 2.30. The second-order valence-corrected chi connectivity index (χ2v) is 5.61. The van der Waals surface area contributed by atoms with Crippen molar-refractivity contribution >= 4 is 24.2 Å². The van der Waals surface area contributed by atoms with Crippen molar-refractivity contribution in [1.82, 2.24) is 10.6 Å². The van der Waals surface area contributed by atoms with E-state index in [4.69, 9.17) is 5.73 Å². The van der Waals surface area contributed by atoms with Gasteiger partial charge in [-0.1, -0.05) is 0 Å². The minimum Gasteiger partial charge on any atom is -0.352 e. The number of halogens is 2. The molecule has 0 radical (unpaired) electrons. The monoisotopic (exact) mass is 343 g/mol. The summed E-state index contributed by atoms with van der Waals surface area (Å²) < 4.78 is 12.8. The first-order chi connectivity index (χ1) is 10.6. The Morgan fingerprint density at radius 2 is 1.91 bits per heavy atom. The first kappa shape index (κ1) is 19.4. The third-order valence-corrected chi connectivity index (χ3v) is 3.76. The second-order valence-electron chi connectivity index (χ2n) is 5.61. The van der Waals surface area contributed by atoms with Gasteiger partial charge in [0.15, 0.2) is 0 Å². The van der Waals surface area contributed by atoms with Crippen LogP contribution in [0.5, 0.6) is 0 Å². The average molecular weight is 344 g/mol. The van der Waals surface area contributed by atoms with Crippen molar-refractivity contribution in [2.45, 2.75) is 31.7 Å². The summed E-state index contributed by atoms with van der Waals surface area (Å²) in [6.45, 7) is 0.873. The summed E-state index contributed by atoms with van der Waals surface area (Å²) in [5, 5.41) is 5.65. The van der Waals surface area contributed by atoms with E-state index < -0.39 is 0 Å². The molecule has 128 valence electrons. The lowest BCUT2D eigenvalue weighted by Crippen LogP contribution is -2.41.